The number of aliphatic hydroxyl groups excluding tert-OH is 1. The van der Waals surface area contributed by atoms with Crippen LogP contribution in [0.3, 0.4) is 0 Å². The van der Waals surface area contributed by atoms with E-state index in [4.69, 9.17) is 9.84 Å². The van der Waals surface area contributed by atoms with Crippen LogP contribution < -0.4 is 5.32 Å². The van der Waals surface area contributed by atoms with Crippen molar-refractivity contribution in [2.24, 2.45) is 0 Å². The normalized spacial score (nSPS) is 15.9. The summed E-state index contributed by atoms with van der Waals surface area (Å²) in [6.45, 7) is 1.25. The van der Waals surface area contributed by atoms with Crippen LogP contribution >= 0.6 is 0 Å². The second-order valence-electron chi connectivity index (χ2n) is 6.21. The highest BCUT2D eigenvalue weighted by molar-refractivity contribution is 6.24. The molecule has 2 N–H and O–H groups in total. The van der Waals surface area contributed by atoms with Gasteiger partial charge < -0.3 is 15.2 Å². The predicted octanol–water partition coefficient (Wildman–Crippen LogP) is 2.77. The van der Waals surface area contributed by atoms with Crippen molar-refractivity contribution in [1.82, 2.24) is 5.32 Å². The summed E-state index contributed by atoms with van der Waals surface area (Å²) in [6.07, 6.45) is 3.55. The number of ketones is 1. The van der Waals surface area contributed by atoms with Crippen LogP contribution in [0.4, 0.5) is 17.6 Å². The van der Waals surface area contributed by atoms with Crippen LogP contribution in [-0.4, -0.2) is 35.6 Å². The van der Waals surface area contributed by atoms with E-state index in [0.29, 0.717) is 19.3 Å². The molecule has 1 aliphatic rings. The number of benzene rings is 1. The molecule has 0 bridgehead atoms. The lowest BCUT2D eigenvalue weighted by Crippen LogP contribution is -2.49. The van der Waals surface area contributed by atoms with Crippen molar-refractivity contribution in [3.63, 3.8) is 0 Å². The van der Waals surface area contributed by atoms with Gasteiger partial charge in [-0.2, -0.15) is 0 Å². The van der Waals surface area contributed by atoms with Crippen LogP contribution in [0.25, 0.3) is 0 Å². The zero-order valence-corrected chi connectivity index (χ0v) is 14.6. The summed E-state index contributed by atoms with van der Waals surface area (Å²) in [5.74, 6) is -10.3. The molecule has 2 rings (SSSR count). The third-order valence-corrected chi connectivity index (χ3v) is 4.51. The number of hydrogen-bond donors (Lipinski definition) is 2. The molecule has 9 heteroatoms. The van der Waals surface area contributed by atoms with Crippen molar-refractivity contribution in [2.45, 2.75) is 38.1 Å². The van der Waals surface area contributed by atoms with Gasteiger partial charge in [-0.15, -0.1) is 0 Å². The molecule has 27 heavy (non-hydrogen) atoms. The molecule has 1 aliphatic carbocycles. The Morgan fingerprint density at radius 3 is 2.41 bits per heavy atom. The third kappa shape index (κ3) is 4.29. The zero-order chi connectivity index (χ0) is 20.2. The molecular weight excluding hydrogens is 370 g/mol. The number of aliphatic hydroxyl groups is 1. The summed E-state index contributed by atoms with van der Waals surface area (Å²) < 4.78 is 58.7. The minimum Gasteiger partial charge on any atom is -0.462 e. The molecule has 1 fully saturated rings. The maximum Gasteiger partial charge on any atom is 0.343 e. The number of nitrogens with one attached hydrogen (secondary N) is 1. The van der Waals surface area contributed by atoms with Gasteiger partial charge in [-0.05, 0) is 38.7 Å². The summed E-state index contributed by atoms with van der Waals surface area (Å²) in [7, 11) is 0. The van der Waals surface area contributed by atoms with E-state index in [1.807, 2.05) is 0 Å². The predicted molar refractivity (Wildman–Crippen MR) is 86.7 cm³/mol. The lowest BCUT2D eigenvalue weighted by Gasteiger charge is -2.42. The fourth-order valence-electron chi connectivity index (χ4n) is 2.82. The molecule has 0 radical (unpaired) electrons. The van der Waals surface area contributed by atoms with Gasteiger partial charge in [0.2, 0.25) is 5.78 Å². The molecule has 0 amide bonds. The maximum atomic E-state index is 13.9. The second kappa shape index (κ2) is 8.51. The van der Waals surface area contributed by atoms with E-state index in [0.717, 1.165) is 12.6 Å². The Labute approximate surface area is 153 Å². The van der Waals surface area contributed by atoms with Gasteiger partial charge in [0.1, 0.15) is 5.57 Å². The minimum absolute atomic E-state index is 0.0974. The number of carbonyl (C=O) groups excluding carboxylic acids is 2. The Hall–Kier alpha value is -2.42. The van der Waals surface area contributed by atoms with E-state index in [-0.39, 0.29) is 19.3 Å². The van der Waals surface area contributed by atoms with Gasteiger partial charge in [-0.25, -0.2) is 22.4 Å². The van der Waals surface area contributed by atoms with Crippen LogP contribution in [0.5, 0.6) is 0 Å². The number of Topliss-reactive ketones (excluding diaryl/α,β-unsaturated/α-hetero) is 1. The fraction of sp³-hybridized carbons (Fsp3) is 0.444. The molecule has 0 saturated heterocycles. The van der Waals surface area contributed by atoms with E-state index in [2.05, 4.69) is 5.32 Å². The lowest BCUT2D eigenvalue weighted by molar-refractivity contribution is -0.138. The van der Waals surface area contributed by atoms with Crippen molar-refractivity contribution in [3.8, 4) is 0 Å². The Balaban J connectivity index is 2.41. The molecule has 148 valence electrons. The number of rotatable bonds is 8. The number of hydrogen-bond acceptors (Lipinski definition) is 5. The van der Waals surface area contributed by atoms with Gasteiger partial charge in [0.25, 0.3) is 0 Å². The van der Waals surface area contributed by atoms with Crippen molar-refractivity contribution >= 4 is 11.8 Å². The fourth-order valence-corrected chi connectivity index (χ4v) is 2.82. The molecule has 0 aliphatic heterocycles. The van der Waals surface area contributed by atoms with E-state index >= 15 is 0 Å². The highest BCUT2D eigenvalue weighted by Gasteiger charge is 2.36. The first-order valence-corrected chi connectivity index (χ1v) is 8.40. The summed E-state index contributed by atoms with van der Waals surface area (Å²) >= 11 is 0. The Morgan fingerprint density at radius 2 is 1.89 bits per heavy atom. The van der Waals surface area contributed by atoms with E-state index in [1.165, 1.54) is 6.92 Å². The molecule has 0 aromatic heterocycles. The van der Waals surface area contributed by atoms with Crippen molar-refractivity contribution in [3.05, 3.63) is 46.7 Å². The molecule has 0 atom stereocenters. The van der Waals surface area contributed by atoms with Crippen LogP contribution in [0.15, 0.2) is 17.8 Å². The van der Waals surface area contributed by atoms with Crippen molar-refractivity contribution in [2.75, 3.05) is 13.2 Å². The molecule has 0 heterocycles. The van der Waals surface area contributed by atoms with Gasteiger partial charge in [0.15, 0.2) is 23.3 Å². The van der Waals surface area contributed by atoms with Gasteiger partial charge >= 0.3 is 5.97 Å². The summed E-state index contributed by atoms with van der Waals surface area (Å²) in [5, 5.41) is 12.0. The first-order valence-electron chi connectivity index (χ1n) is 8.40. The van der Waals surface area contributed by atoms with Crippen LogP contribution in [0, 0.1) is 23.3 Å². The smallest absolute Gasteiger partial charge is 0.343 e. The minimum atomic E-state index is -2.15. The maximum absolute atomic E-state index is 13.9. The SMILES string of the molecule is CCOC(=O)/C(=C/NC1(CCO)CCC1)C(=O)c1cc(F)c(F)c(F)c1F. The average Bonchev–Trinajstić information content (AvgIpc) is 2.60. The molecule has 5 nitrogen and oxygen atoms in total. The zero-order valence-electron chi connectivity index (χ0n) is 14.6. The van der Waals surface area contributed by atoms with E-state index < -0.39 is 51.7 Å². The number of halogens is 4. The first-order chi connectivity index (χ1) is 12.8. The standard InChI is InChI=1S/C18H19F4NO4/c1-2-27-17(26)11(9-23-18(6-7-24)4-3-5-18)16(25)10-8-12(19)14(21)15(22)13(10)20/h8-9,23-24H,2-7H2,1H3/b11-9+. The summed E-state index contributed by atoms with van der Waals surface area (Å²) in [5.41, 5.74) is -2.35. The summed E-state index contributed by atoms with van der Waals surface area (Å²) in [4.78, 5) is 24.6. The van der Waals surface area contributed by atoms with Gasteiger partial charge in [0.05, 0.1) is 12.2 Å². The topological polar surface area (TPSA) is 75.6 Å². The molecule has 1 saturated carbocycles. The first kappa shape index (κ1) is 20.9. The van der Waals surface area contributed by atoms with E-state index in [9.17, 15) is 27.2 Å². The van der Waals surface area contributed by atoms with Crippen LogP contribution in [0.1, 0.15) is 43.0 Å². The van der Waals surface area contributed by atoms with Crippen molar-refractivity contribution < 1.29 is 37.0 Å². The monoisotopic (exact) mass is 389 g/mol. The Kier molecular flexibility index (Phi) is 6.59. The Bertz CT molecular complexity index is 775. The molecule has 0 spiro atoms. The second-order valence-corrected chi connectivity index (χ2v) is 6.21. The average molecular weight is 389 g/mol. The highest BCUT2D eigenvalue weighted by atomic mass is 19.2. The van der Waals surface area contributed by atoms with Crippen LogP contribution in [0.2, 0.25) is 0 Å². The quantitative estimate of drug-likeness (QED) is 0.105. The molecule has 1 aromatic carbocycles. The lowest BCUT2D eigenvalue weighted by atomic mass is 9.74. The van der Waals surface area contributed by atoms with Crippen molar-refractivity contribution in [1.29, 1.82) is 0 Å². The highest BCUT2D eigenvalue weighted by Crippen LogP contribution is 2.35. The number of esters is 1. The van der Waals surface area contributed by atoms with Gasteiger partial charge in [0, 0.05) is 18.3 Å². The molecule has 1 aromatic rings. The Morgan fingerprint density at radius 1 is 1.22 bits per heavy atom. The largest absolute Gasteiger partial charge is 0.462 e. The number of carbonyl (C=O) groups is 2. The van der Waals surface area contributed by atoms with Crippen LogP contribution in [-0.2, 0) is 9.53 Å². The number of ether oxygens (including phenoxy) is 1. The van der Waals surface area contributed by atoms with Gasteiger partial charge in [-0.3, -0.25) is 4.79 Å². The summed E-state index contributed by atoms with van der Waals surface area (Å²) in [6, 6.07) is 0.190. The molecule has 0 unspecified atom stereocenters. The van der Waals surface area contributed by atoms with E-state index in [1.54, 1.807) is 0 Å². The van der Waals surface area contributed by atoms with Gasteiger partial charge in [-0.1, -0.05) is 0 Å². The third-order valence-electron chi connectivity index (χ3n) is 4.51. The molecular formula is C18H19F4NO4.